The van der Waals surface area contributed by atoms with E-state index in [1.807, 2.05) is 45.0 Å². The molecule has 0 aliphatic rings. The third-order valence-electron chi connectivity index (χ3n) is 3.06. The van der Waals surface area contributed by atoms with Gasteiger partial charge in [0.25, 0.3) is 0 Å². The maximum atomic E-state index is 4.52. The molecule has 0 saturated heterocycles. The molecule has 7 heteroatoms. The van der Waals surface area contributed by atoms with Crippen LogP contribution in [0.4, 0.5) is 17.8 Å². The molecule has 6 nitrogen and oxygen atoms in total. The highest BCUT2D eigenvalue weighted by molar-refractivity contribution is 7.07. The van der Waals surface area contributed by atoms with Crippen LogP contribution in [0.1, 0.15) is 5.56 Å². The Morgan fingerprint density at radius 3 is 1.95 bits per heavy atom. The van der Waals surface area contributed by atoms with Crippen LogP contribution in [0.5, 0.6) is 0 Å². The van der Waals surface area contributed by atoms with Gasteiger partial charge >= 0.3 is 0 Å². The molecular weight excluding hydrogens is 284 g/mol. The highest BCUT2D eigenvalue weighted by Crippen LogP contribution is 2.16. The molecular formula is C14H22N6S. The number of likely N-dealkylation sites (N-methyl/N-ethyl adjacent to an activating group) is 1. The van der Waals surface area contributed by atoms with Crippen molar-refractivity contribution >= 4 is 29.2 Å². The monoisotopic (exact) mass is 306 g/mol. The third kappa shape index (κ3) is 4.04. The van der Waals surface area contributed by atoms with E-state index in [1.165, 1.54) is 5.56 Å². The van der Waals surface area contributed by atoms with Gasteiger partial charge in [-0.3, -0.25) is 0 Å². The zero-order valence-corrected chi connectivity index (χ0v) is 14.1. The predicted molar refractivity (Wildman–Crippen MR) is 89.8 cm³/mol. The first-order valence-electron chi connectivity index (χ1n) is 6.80. The average molecular weight is 306 g/mol. The maximum absolute atomic E-state index is 4.52. The first-order valence-corrected chi connectivity index (χ1v) is 7.74. The van der Waals surface area contributed by atoms with E-state index in [-0.39, 0.29) is 0 Å². The summed E-state index contributed by atoms with van der Waals surface area (Å²) in [5, 5.41) is 4.28. The van der Waals surface area contributed by atoms with Crippen molar-refractivity contribution in [2.45, 2.75) is 6.42 Å². The van der Waals surface area contributed by atoms with Crippen LogP contribution in [-0.4, -0.2) is 56.7 Å². The summed E-state index contributed by atoms with van der Waals surface area (Å²) in [5.74, 6) is 2.05. The van der Waals surface area contributed by atoms with Gasteiger partial charge in [-0.2, -0.15) is 26.3 Å². The molecule has 114 valence electrons. The summed E-state index contributed by atoms with van der Waals surface area (Å²) in [4.78, 5) is 19.3. The molecule has 0 atom stereocenters. The van der Waals surface area contributed by atoms with Gasteiger partial charge < -0.3 is 14.7 Å². The van der Waals surface area contributed by atoms with E-state index in [0.717, 1.165) is 13.0 Å². The van der Waals surface area contributed by atoms with E-state index in [2.05, 4.69) is 36.7 Å². The highest BCUT2D eigenvalue weighted by Gasteiger charge is 2.12. The second-order valence-electron chi connectivity index (χ2n) is 5.33. The van der Waals surface area contributed by atoms with Gasteiger partial charge in [0, 0.05) is 41.8 Å². The summed E-state index contributed by atoms with van der Waals surface area (Å²) < 4.78 is 0. The van der Waals surface area contributed by atoms with E-state index in [9.17, 15) is 0 Å². The van der Waals surface area contributed by atoms with Crippen molar-refractivity contribution in [3.63, 3.8) is 0 Å². The number of hydrogen-bond acceptors (Lipinski definition) is 7. The van der Waals surface area contributed by atoms with Crippen LogP contribution < -0.4 is 14.7 Å². The first-order chi connectivity index (χ1) is 9.97. The first kappa shape index (κ1) is 15.5. The Morgan fingerprint density at radius 2 is 1.48 bits per heavy atom. The maximum Gasteiger partial charge on any atom is 0.231 e. The van der Waals surface area contributed by atoms with Crippen molar-refractivity contribution in [3.05, 3.63) is 22.4 Å². The molecule has 0 radical (unpaired) electrons. The normalized spacial score (nSPS) is 10.5. The number of thiophene rings is 1. The number of anilines is 3. The standard InChI is InChI=1S/C14H22N6S/c1-18(2)12-15-13(19(3)4)17-14(16-12)20(5)8-6-11-7-9-21-10-11/h7,9-10H,6,8H2,1-5H3. The Morgan fingerprint density at radius 1 is 0.905 bits per heavy atom. The van der Waals surface area contributed by atoms with Crippen molar-refractivity contribution in [2.75, 3.05) is 56.5 Å². The lowest BCUT2D eigenvalue weighted by atomic mass is 10.2. The molecule has 0 bridgehead atoms. The molecule has 0 aliphatic carbocycles. The molecule has 0 fully saturated rings. The predicted octanol–water partition coefficient (Wildman–Crippen LogP) is 1.74. The quantitative estimate of drug-likeness (QED) is 0.810. The van der Waals surface area contributed by atoms with E-state index in [1.54, 1.807) is 11.3 Å². The second-order valence-corrected chi connectivity index (χ2v) is 6.11. The fraction of sp³-hybridized carbons (Fsp3) is 0.500. The van der Waals surface area contributed by atoms with Gasteiger partial charge in [-0.05, 0) is 28.8 Å². The minimum absolute atomic E-state index is 0.672. The highest BCUT2D eigenvalue weighted by atomic mass is 32.1. The summed E-state index contributed by atoms with van der Waals surface area (Å²) in [5.41, 5.74) is 1.35. The minimum atomic E-state index is 0.672. The van der Waals surface area contributed by atoms with Crippen LogP contribution in [0.25, 0.3) is 0 Å². The Hall–Kier alpha value is -1.89. The third-order valence-corrected chi connectivity index (χ3v) is 3.79. The van der Waals surface area contributed by atoms with Crippen molar-refractivity contribution in [1.29, 1.82) is 0 Å². The molecule has 2 aromatic heterocycles. The smallest absolute Gasteiger partial charge is 0.231 e. The summed E-state index contributed by atoms with van der Waals surface area (Å²) in [6.45, 7) is 0.875. The lowest BCUT2D eigenvalue weighted by Crippen LogP contribution is -2.26. The largest absolute Gasteiger partial charge is 0.347 e. The van der Waals surface area contributed by atoms with E-state index in [4.69, 9.17) is 0 Å². The molecule has 0 N–H and O–H groups in total. The summed E-state index contributed by atoms with van der Waals surface area (Å²) in [6.07, 6.45) is 0.986. The van der Waals surface area contributed by atoms with Gasteiger partial charge in [0.1, 0.15) is 0 Å². The number of nitrogens with zero attached hydrogens (tertiary/aromatic N) is 6. The van der Waals surface area contributed by atoms with Crippen molar-refractivity contribution in [1.82, 2.24) is 15.0 Å². The molecule has 0 saturated carbocycles. The topological polar surface area (TPSA) is 48.4 Å². The molecule has 0 spiro atoms. The summed E-state index contributed by atoms with van der Waals surface area (Å²) in [6, 6.07) is 2.16. The van der Waals surface area contributed by atoms with Crippen LogP contribution in [0, 0.1) is 0 Å². The second kappa shape index (κ2) is 6.71. The van der Waals surface area contributed by atoms with Crippen LogP contribution in [0.2, 0.25) is 0 Å². The molecule has 2 aromatic rings. The number of hydrogen-bond donors (Lipinski definition) is 0. The SMILES string of the molecule is CN(C)c1nc(N(C)C)nc(N(C)CCc2ccsc2)n1. The molecule has 2 heterocycles. The Bertz CT molecular complexity index is 541. The molecule has 0 aliphatic heterocycles. The Balaban J connectivity index is 2.16. The lowest BCUT2D eigenvalue weighted by Gasteiger charge is -2.21. The molecule has 21 heavy (non-hydrogen) atoms. The molecule has 2 rings (SSSR count). The van der Waals surface area contributed by atoms with Gasteiger partial charge in [0.05, 0.1) is 0 Å². The fourth-order valence-electron chi connectivity index (χ4n) is 1.75. The number of aromatic nitrogens is 3. The van der Waals surface area contributed by atoms with Crippen LogP contribution in [0.3, 0.4) is 0 Å². The van der Waals surface area contributed by atoms with Gasteiger partial charge in [-0.25, -0.2) is 0 Å². The minimum Gasteiger partial charge on any atom is -0.347 e. The zero-order chi connectivity index (χ0) is 15.4. The van der Waals surface area contributed by atoms with Crippen LogP contribution >= 0.6 is 11.3 Å². The van der Waals surface area contributed by atoms with Gasteiger partial charge in [0.15, 0.2) is 0 Å². The van der Waals surface area contributed by atoms with E-state index >= 15 is 0 Å². The van der Waals surface area contributed by atoms with Crippen LogP contribution in [0.15, 0.2) is 16.8 Å². The average Bonchev–Trinajstić information content (AvgIpc) is 2.97. The lowest BCUT2D eigenvalue weighted by molar-refractivity contribution is 0.815. The molecule has 0 aromatic carbocycles. The van der Waals surface area contributed by atoms with Gasteiger partial charge in [-0.15, -0.1) is 0 Å². The number of rotatable bonds is 6. The molecule has 0 amide bonds. The summed E-state index contributed by atoms with van der Waals surface area (Å²) in [7, 11) is 9.75. The Labute approximate surface area is 130 Å². The fourth-order valence-corrected chi connectivity index (χ4v) is 2.45. The van der Waals surface area contributed by atoms with Crippen molar-refractivity contribution in [3.8, 4) is 0 Å². The van der Waals surface area contributed by atoms with Crippen molar-refractivity contribution < 1.29 is 0 Å². The zero-order valence-electron chi connectivity index (χ0n) is 13.2. The molecule has 0 unspecified atom stereocenters. The Kier molecular flexibility index (Phi) is 4.95. The van der Waals surface area contributed by atoms with E-state index < -0.39 is 0 Å². The van der Waals surface area contributed by atoms with Crippen LogP contribution in [-0.2, 0) is 6.42 Å². The van der Waals surface area contributed by atoms with Crippen molar-refractivity contribution in [2.24, 2.45) is 0 Å². The van der Waals surface area contributed by atoms with E-state index in [0.29, 0.717) is 17.8 Å². The van der Waals surface area contributed by atoms with Gasteiger partial charge in [0.2, 0.25) is 17.8 Å². The summed E-state index contributed by atoms with van der Waals surface area (Å²) >= 11 is 1.73. The van der Waals surface area contributed by atoms with Gasteiger partial charge in [-0.1, -0.05) is 0 Å².